The summed E-state index contributed by atoms with van der Waals surface area (Å²) in [6, 6.07) is 6.26. The molecular formula is C15H24FNO. The summed E-state index contributed by atoms with van der Waals surface area (Å²) in [6.45, 7) is 12.1. The fourth-order valence-electron chi connectivity index (χ4n) is 1.39. The molecule has 0 atom stereocenters. The van der Waals surface area contributed by atoms with Gasteiger partial charge in [-0.2, -0.15) is 0 Å². The van der Waals surface area contributed by atoms with Crippen molar-refractivity contribution >= 4 is 0 Å². The van der Waals surface area contributed by atoms with Crippen molar-refractivity contribution in [1.82, 2.24) is 5.32 Å². The molecule has 1 aromatic rings. The number of benzene rings is 1. The quantitative estimate of drug-likeness (QED) is 0.865. The minimum atomic E-state index is -0.266. The summed E-state index contributed by atoms with van der Waals surface area (Å²) in [4.78, 5) is 0. The second kappa shape index (κ2) is 5.70. The van der Waals surface area contributed by atoms with Crippen LogP contribution in [0.1, 0.15) is 34.6 Å². The van der Waals surface area contributed by atoms with Crippen molar-refractivity contribution in [3.63, 3.8) is 0 Å². The average Bonchev–Trinajstić information content (AvgIpc) is 2.24. The molecule has 0 aliphatic rings. The molecule has 0 radical (unpaired) electrons. The van der Waals surface area contributed by atoms with E-state index in [-0.39, 0.29) is 16.8 Å². The SMILES string of the molecule is CC(C)(CNC(C)(C)C)COc1cccc(F)c1. The molecule has 3 heteroatoms. The van der Waals surface area contributed by atoms with Crippen LogP contribution >= 0.6 is 0 Å². The monoisotopic (exact) mass is 253 g/mol. The largest absolute Gasteiger partial charge is 0.493 e. The van der Waals surface area contributed by atoms with Crippen LogP contribution in [-0.2, 0) is 0 Å². The highest BCUT2D eigenvalue weighted by atomic mass is 19.1. The van der Waals surface area contributed by atoms with Gasteiger partial charge in [-0.15, -0.1) is 0 Å². The van der Waals surface area contributed by atoms with Crippen molar-refractivity contribution in [1.29, 1.82) is 0 Å². The minimum absolute atomic E-state index is 0.000399. The zero-order chi connectivity index (χ0) is 13.8. The van der Waals surface area contributed by atoms with E-state index in [1.54, 1.807) is 12.1 Å². The molecule has 2 nitrogen and oxygen atoms in total. The zero-order valence-corrected chi connectivity index (χ0v) is 12.0. The maximum Gasteiger partial charge on any atom is 0.126 e. The van der Waals surface area contributed by atoms with Gasteiger partial charge in [0.05, 0.1) is 6.61 Å². The summed E-state index contributed by atoms with van der Waals surface area (Å²) < 4.78 is 18.6. The van der Waals surface area contributed by atoms with Crippen LogP contribution in [0.25, 0.3) is 0 Å². The molecule has 0 amide bonds. The standard InChI is InChI=1S/C15H24FNO/c1-14(2,3)17-10-15(4,5)11-18-13-8-6-7-12(16)9-13/h6-9,17H,10-11H2,1-5H3. The Morgan fingerprint density at radius 2 is 1.83 bits per heavy atom. The smallest absolute Gasteiger partial charge is 0.126 e. The predicted octanol–water partition coefficient (Wildman–Crippen LogP) is 3.62. The summed E-state index contributed by atoms with van der Waals surface area (Å²) in [5.41, 5.74) is 0.0930. The van der Waals surface area contributed by atoms with E-state index < -0.39 is 0 Å². The molecule has 0 bridgehead atoms. The number of nitrogens with one attached hydrogen (secondary N) is 1. The molecule has 1 rings (SSSR count). The van der Waals surface area contributed by atoms with Gasteiger partial charge in [0.15, 0.2) is 0 Å². The van der Waals surface area contributed by atoms with Crippen LogP contribution in [0.4, 0.5) is 4.39 Å². The van der Waals surface area contributed by atoms with Gasteiger partial charge in [0.1, 0.15) is 11.6 Å². The molecule has 0 heterocycles. The Balaban J connectivity index is 2.46. The first kappa shape index (κ1) is 15.0. The molecule has 102 valence electrons. The third-order valence-electron chi connectivity index (χ3n) is 2.52. The number of ether oxygens (including phenoxy) is 1. The highest BCUT2D eigenvalue weighted by Crippen LogP contribution is 2.19. The van der Waals surface area contributed by atoms with E-state index in [4.69, 9.17) is 4.74 Å². The summed E-state index contributed by atoms with van der Waals surface area (Å²) >= 11 is 0. The van der Waals surface area contributed by atoms with Gasteiger partial charge in [0.2, 0.25) is 0 Å². The summed E-state index contributed by atoms with van der Waals surface area (Å²) in [5.74, 6) is 0.317. The molecule has 1 N–H and O–H groups in total. The summed E-state index contributed by atoms with van der Waals surface area (Å²) in [5, 5.41) is 3.46. The van der Waals surface area contributed by atoms with Gasteiger partial charge < -0.3 is 10.1 Å². The van der Waals surface area contributed by atoms with Crippen molar-refractivity contribution in [2.24, 2.45) is 5.41 Å². The van der Waals surface area contributed by atoms with E-state index in [1.165, 1.54) is 12.1 Å². The Kier molecular flexibility index (Phi) is 4.74. The van der Waals surface area contributed by atoms with Crippen molar-refractivity contribution < 1.29 is 9.13 Å². The van der Waals surface area contributed by atoms with E-state index in [9.17, 15) is 4.39 Å². The van der Waals surface area contributed by atoms with E-state index in [1.807, 2.05) is 0 Å². The maximum atomic E-state index is 13.0. The van der Waals surface area contributed by atoms with Gasteiger partial charge in [-0.05, 0) is 32.9 Å². The summed E-state index contributed by atoms with van der Waals surface area (Å²) in [6.07, 6.45) is 0. The Morgan fingerprint density at radius 3 is 2.39 bits per heavy atom. The van der Waals surface area contributed by atoms with Crippen LogP contribution in [0.5, 0.6) is 5.75 Å². The van der Waals surface area contributed by atoms with Gasteiger partial charge in [-0.25, -0.2) is 4.39 Å². The van der Waals surface area contributed by atoms with Crippen LogP contribution in [0.3, 0.4) is 0 Å². The van der Waals surface area contributed by atoms with Gasteiger partial charge in [0.25, 0.3) is 0 Å². The fraction of sp³-hybridized carbons (Fsp3) is 0.600. The van der Waals surface area contributed by atoms with Crippen LogP contribution in [0.15, 0.2) is 24.3 Å². The fourth-order valence-corrected chi connectivity index (χ4v) is 1.39. The molecule has 0 aromatic heterocycles. The molecule has 0 spiro atoms. The first-order valence-electron chi connectivity index (χ1n) is 6.31. The molecular weight excluding hydrogens is 229 g/mol. The normalized spacial score (nSPS) is 12.6. The lowest BCUT2D eigenvalue weighted by atomic mass is 9.93. The van der Waals surface area contributed by atoms with Crippen molar-refractivity contribution in [3.8, 4) is 5.75 Å². The Hall–Kier alpha value is -1.09. The van der Waals surface area contributed by atoms with Crippen LogP contribution in [-0.4, -0.2) is 18.7 Å². The van der Waals surface area contributed by atoms with Crippen molar-refractivity contribution in [2.45, 2.75) is 40.2 Å². The number of rotatable bonds is 5. The number of halogens is 1. The van der Waals surface area contributed by atoms with Crippen molar-refractivity contribution in [3.05, 3.63) is 30.1 Å². The van der Waals surface area contributed by atoms with Gasteiger partial charge in [0, 0.05) is 23.6 Å². The second-order valence-electron chi connectivity index (χ2n) is 6.51. The first-order valence-corrected chi connectivity index (χ1v) is 6.31. The zero-order valence-electron chi connectivity index (χ0n) is 12.0. The second-order valence-corrected chi connectivity index (χ2v) is 6.51. The molecule has 1 aromatic carbocycles. The van der Waals surface area contributed by atoms with Crippen LogP contribution in [0.2, 0.25) is 0 Å². The Morgan fingerprint density at radius 1 is 1.17 bits per heavy atom. The van der Waals surface area contributed by atoms with Crippen LogP contribution < -0.4 is 10.1 Å². The summed E-state index contributed by atoms with van der Waals surface area (Å²) in [7, 11) is 0. The van der Waals surface area contributed by atoms with Gasteiger partial charge in [-0.3, -0.25) is 0 Å². The number of hydrogen-bond acceptors (Lipinski definition) is 2. The van der Waals surface area contributed by atoms with Crippen LogP contribution in [0, 0.1) is 11.2 Å². The molecule has 0 aliphatic carbocycles. The lowest BCUT2D eigenvalue weighted by Crippen LogP contribution is -2.43. The van der Waals surface area contributed by atoms with E-state index >= 15 is 0 Å². The van der Waals surface area contributed by atoms with Crippen molar-refractivity contribution in [2.75, 3.05) is 13.2 Å². The molecule has 0 saturated heterocycles. The highest BCUT2D eigenvalue weighted by Gasteiger charge is 2.21. The predicted molar refractivity (Wildman–Crippen MR) is 73.4 cm³/mol. The molecule has 0 fully saturated rings. The Labute approximate surface area is 110 Å². The molecule has 0 saturated carbocycles. The van der Waals surface area contributed by atoms with E-state index in [2.05, 4.69) is 39.9 Å². The molecule has 18 heavy (non-hydrogen) atoms. The highest BCUT2D eigenvalue weighted by molar-refractivity contribution is 5.22. The minimum Gasteiger partial charge on any atom is -0.493 e. The average molecular weight is 253 g/mol. The van der Waals surface area contributed by atoms with E-state index in [0.717, 1.165) is 6.54 Å². The third-order valence-corrected chi connectivity index (χ3v) is 2.52. The Bertz CT molecular complexity index is 382. The third kappa shape index (κ3) is 6.01. The van der Waals surface area contributed by atoms with Gasteiger partial charge >= 0.3 is 0 Å². The maximum absolute atomic E-state index is 13.0. The van der Waals surface area contributed by atoms with E-state index in [0.29, 0.717) is 12.4 Å². The molecule has 0 unspecified atom stereocenters. The van der Waals surface area contributed by atoms with Gasteiger partial charge in [-0.1, -0.05) is 19.9 Å². The topological polar surface area (TPSA) is 21.3 Å². The molecule has 0 aliphatic heterocycles. The first-order chi connectivity index (χ1) is 8.18. The lowest BCUT2D eigenvalue weighted by Gasteiger charge is -2.30. The number of hydrogen-bond donors (Lipinski definition) is 1. The lowest BCUT2D eigenvalue weighted by molar-refractivity contribution is 0.165.